The molecule has 116 valence electrons. The Kier molecular flexibility index (Phi) is 4.39. The average molecular weight is 327 g/mol. The molecule has 3 aromatic rings. The van der Waals surface area contributed by atoms with E-state index in [0.29, 0.717) is 5.75 Å². The van der Waals surface area contributed by atoms with Crippen LogP contribution in [-0.4, -0.2) is 17.2 Å². The molecule has 0 aliphatic heterocycles. The first kappa shape index (κ1) is 15.2. The highest BCUT2D eigenvalue weighted by Crippen LogP contribution is 2.28. The minimum absolute atomic E-state index is 0.0980. The molecule has 0 saturated heterocycles. The van der Waals surface area contributed by atoms with Gasteiger partial charge in [0.2, 0.25) is 0 Å². The number of thiazole rings is 1. The van der Waals surface area contributed by atoms with E-state index in [9.17, 15) is 9.50 Å². The Hall–Kier alpha value is -2.66. The quantitative estimate of drug-likeness (QED) is 0.746. The molecule has 1 heterocycles. The molecule has 0 spiro atoms. The lowest BCUT2D eigenvalue weighted by Gasteiger charge is -2.02. The molecule has 0 saturated carbocycles. The van der Waals surface area contributed by atoms with Crippen molar-refractivity contribution in [3.05, 3.63) is 64.2 Å². The van der Waals surface area contributed by atoms with Gasteiger partial charge in [0.15, 0.2) is 11.5 Å². The number of hydrogen-bond acceptors (Lipinski definition) is 4. The van der Waals surface area contributed by atoms with Crippen LogP contribution in [-0.2, 0) is 0 Å². The fraction of sp³-hybridized carbons (Fsp3) is 0.0556. The number of halogens is 1. The zero-order chi connectivity index (χ0) is 16.2. The van der Waals surface area contributed by atoms with Crippen molar-refractivity contribution in [2.75, 3.05) is 7.11 Å². The summed E-state index contributed by atoms with van der Waals surface area (Å²) >= 11 is 1.50. The summed E-state index contributed by atoms with van der Waals surface area (Å²) in [6, 6.07) is 11.4. The molecule has 3 rings (SSSR count). The number of aromatic hydroxyl groups is 1. The molecule has 3 nitrogen and oxygen atoms in total. The second kappa shape index (κ2) is 6.62. The minimum atomic E-state index is -0.261. The van der Waals surface area contributed by atoms with Gasteiger partial charge in [0, 0.05) is 10.9 Å². The average Bonchev–Trinajstić information content (AvgIpc) is 3.03. The van der Waals surface area contributed by atoms with Crippen LogP contribution in [0, 0.1) is 5.82 Å². The number of phenolic OH excluding ortho intramolecular Hbond substituents is 1. The maximum atomic E-state index is 12.9. The van der Waals surface area contributed by atoms with Gasteiger partial charge in [-0.05, 0) is 48.0 Å². The van der Waals surface area contributed by atoms with E-state index in [0.717, 1.165) is 21.8 Å². The lowest BCUT2D eigenvalue weighted by molar-refractivity contribution is 0.373. The first-order chi connectivity index (χ1) is 11.2. The molecule has 0 fully saturated rings. The summed E-state index contributed by atoms with van der Waals surface area (Å²) in [7, 11) is 1.51. The molecule has 0 amide bonds. The molecule has 0 radical (unpaired) electrons. The van der Waals surface area contributed by atoms with E-state index in [1.807, 2.05) is 23.6 Å². The molecule has 1 N–H and O–H groups in total. The van der Waals surface area contributed by atoms with E-state index in [-0.39, 0.29) is 11.6 Å². The van der Waals surface area contributed by atoms with Crippen LogP contribution in [0.5, 0.6) is 11.5 Å². The normalized spacial score (nSPS) is 11.0. The van der Waals surface area contributed by atoms with Crippen molar-refractivity contribution in [2.45, 2.75) is 0 Å². The van der Waals surface area contributed by atoms with Gasteiger partial charge in [-0.1, -0.05) is 12.1 Å². The largest absolute Gasteiger partial charge is 0.504 e. The van der Waals surface area contributed by atoms with Gasteiger partial charge in [0.1, 0.15) is 10.8 Å². The van der Waals surface area contributed by atoms with E-state index in [1.54, 1.807) is 24.3 Å². The van der Waals surface area contributed by atoms with Crippen LogP contribution < -0.4 is 4.74 Å². The van der Waals surface area contributed by atoms with Gasteiger partial charge in [0.25, 0.3) is 0 Å². The Balaban J connectivity index is 1.78. The monoisotopic (exact) mass is 327 g/mol. The summed E-state index contributed by atoms with van der Waals surface area (Å²) in [5, 5.41) is 12.5. The van der Waals surface area contributed by atoms with Gasteiger partial charge >= 0.3 is 0 Å². The predicted octanol–water partition coefficient (Wildman–Crippen LogP) is 4.83. The van der Waals surface area contributed by atoms with Crippen LogP contribution in [0.4, 0.5) is 4.39 Å². The molecular formula is C18H14FNO2S. The third-order valence-corrected chi connectivity index (χ3v) is 4.09. The summed E-state index contributed by atoms with van der Waals surface area (Å²) in [6.07, 6.45) is 3.74. The summed E-state index contributed by atoms with van der Waals surface area (Å²) in [5.41, 5.74) is 2.54. The van der Waals surface area contributed by atoms with E-state index in [4.69, 9.17) is 4.74 Å². The second-order valence-corrected chi connectivity index (χ2v) is 5.73. The van der Waals surface area contributed by atoms with Crippen molar-refractivity contribution < 1.29 is 14.2 Å². The van der Waals surface area contributed by atoms with E-state index >= 15 is 0 Å². The zero-order valence-corrected chi connectivity index (χ0v) is 13.2. The predicted molar refractivity (Wildman–Crippen MR) is 91.1 cm³/mol. The Morgan fingerprint density at radius 3 is 2.61 bits per heavy atom. The Bertz CT molecular complexity index is 840. The molecule has 0 bridgehead atoms. The minimum Gasteiger partial charge on any atom is -0.504 e. The molecule has 2 aromatic carbocycles. The number of rotatable bonds is 4. The lowest BCUT2D eigenvalue weighted by Crippen LogP contribution is -1.83. The standard InChI is InChI=1S/C18H14FNO2S/c1-22-17-8-2-12(10-16(17)21)3-9-18-20-15(11-23-18)13-4-6-14(19)7-5-13/h2-11,21H,1H3. The fourth-order valence-electron chi connectivity index (χ4n) is 2.10. The third-order valence-electron chi connectivity index (χ3n) is 3.28. The molecule has 0 unspecified atom stereocenters. The number of ether oxygens (including phenoxy) is 1. The Morgan fingerprint density at radius 1 is 1.13 bits per heavy atom. The maximum absolute atomic E-state index is 12.9. The first-order valence-electron chi connectivity index (χ1n) is 6.92. The van der Waals surface area contributed by atoms with Crippen LogP contribution in [0.3, 0.4) is 0 Å². The highest BCUT2D eigenvalue weighted by molar-refractivity contribution is 7.10. The molecule has 0 aliphatic carbocycles. The maximum Gasteiger partial charge on any atom is 0.160 e. The molecule has 0 atom stereocenters. The SMILES string of the molecule is COc1ccc(C=Cc2nc(-c3ccc(F)cc3)cs2)cc1O. The third kappa shape index (κ3) is 3.57. The smallest absolute Gasteiger partial charge is 0.160 e. The van der Waals surface area contributed by atoms with Crippen molar-refractivity contribution in [3.63, 3.8) is 0 Å². The second-order valence-electron chi connectivity index (χ2n) is 4.84. The van der Waals surface area contributed by atoms with Crippen molar-refractivity contribution in [2.24, 2.45) is 0 Å². The van der Waals surface area contributed by atoms with Crippen LogP contribution >= 0.6 is 11.3 Å². The highest BCUT2D eigenvalue weighted by Gasteiger charge is 2.04. The zero-order valence-electron chi connectivity index (χ0n) is 12.4. The van der Waals surface area contributed by atoms with Crippen LogP contribution in [0.2, 0.25) is 0 Å². The molecule has 5 heteroatoms. The Morgan fingerprint density at radius 2 is 1.91 bits per heavy atom. The summed E-state index contributed by atoms with van der Waals surface area (Å²) in [6.45, 7) is 0. The topological polar surface area (TPSA) is 42.4 Å². The van der Waals surface area contributed by atoms with Crippen LogP contribution in [0.15, 0.2) is 47.8 Å². The summed E-state index contributed by atoms with van der Waals surface area (Å²) < 4.78 is 18.0. The molecule has 0 aliphatic rings. The van der Waals surface area contributed by atoms with Gasteiger partial charge in [-0.15, -0.1) is 11.3 Å². The van der Waals surface area contributed by atoms with Gasteiger partial charge in [-0.3, -0.25) is 0 Å². The highest BCUT2D eigenvalue weighted by atomic mass is 32.1. The Labute approximate surface area is 137 Å². The van der Waals surface area contributed by atoms with Crippen molar-refractivity contribution in [1.29, 1.82) is 0 Å². The number of hydrogen-bond donors (Lipinski definition) is 1. The van der Waals surface area contributed by atoms with Crippen LogP contribution in [0.1, 0.15) is 10.6 Å². The lowest BCUT2D eigenvalue weighted by atomic mass is 10.2. The molecule has 23 heavy (non-hydrogen) atoms. The van der Waals surface area contributed by atoms with Gasteiger partial charge in [-0.25, -0.2) is 9.37 Å². The summed E-state index contributed by atoms with van der Waals surface area (Å²) in [5.74, 6) is 0.277. The number of methoxy groups -OCH3 is 1. The fourth-order valence-corrected chi connectivity index (χ4v) is 2.81. The van der Waals surface area contributed by atoms with Gasteiger partial charge in [0.05, 0.1) is 12.8 Å². The van der Waals surface area contributed by atoms with E-state index in [1.165, 1.54) is 30.6 Å². The van der Waals surface area contributed by atoms with Crippen molar-refractivity contribution in [3.8, 4) is 22.8 Å². The number of nitrogens with zero attached hydrogens (tertiary/aromatic N) is 1. The number of aromatic nitrogens is 1. The van der Waals surface area contributed by atoms with E-state index in [2.05, 4.69) is 4.98 Å². The first-order valence-corrected chi connectivity index (χ1v) is 7.80. The van der Waals surface area contributed by atoms with Gasteiger partial charge < -0.3 is 9.84 Å². The molecular weight excluding hydrogens is 313 g/mol. The number of phenols is 1. The van der Waals surface area contributed by atoms with Gasteiger partial charge in [-0.2, -0.15) is 0 Å². The number of benzene rings is 2. The summed E-state index contributed by atoms with van der Waals surface area (Å²) in [4.78, 5) is 4.50. The van der Waals surface area contributed by atoms with Crippen molar-refractivity contribution in [1.82, 2.24) is 4.98 Å². The van der Waals surface area contributed by atoms with Crippen molar-refractivity contribution >= 4 is 23.5 Å². The van der Waals surface area contributed by atoms with E-state index < -0.39 is 0 Å². The molecule has 1 aromatic heterocycles. The van der Waals surface area contributed by atoms with Crippen LogP contribution in [0.25, 0.3) is 23.4 Å².